The SMILES string of the molecule is CC(=O)N[C@@H]1CCCCc2sccc21. The molecule has 1 aliphatic rings. The fourth-order valence-electron chi connectivity index (χ4n) is 2.05. The summed E-state index contributed by atoms with van der Waals surface area (Å²) in [5, 5.41) is 5.16. The number of fused-ring (bicyclic) bond motifs is 1. The van der Waals surface area contributed by atoms with Crippen molar-refractivity contribution < 1.29 is 4.79 Å². The molecule has 0 aromatic carbocycles. The summed E-state index contributed by atoms with van der Waals surface area (Å²) in [5.41, 5.74) is 1.35. The van der Waals surface area contributed by atoms with Crippen LogP contribution in [0.1, 0.15) is 42.7 Å². The van der Waals surface area contributed by atoms with Crippen LogP contribution in [0.3, 0.4) is 0 Å². The molecule has 1 aromatic heterocycles. The van der Waals surface area contributed by atoms with Crippen LogP contribution < -0.4 is 5.32 Å². The molecule has 0 radical (unpaired) electrons. The Morgan fingerprint density at radius 3 is 3.21 bits per heavy atom. The molecule has 0 unspecified atom stereocenters. The quantitative estimate of drug-likeness (QED) is 0.708. The van der Waals surface area contributed by atoms with Gasteiger partial charge in [0.2, 0.25) is 5.91 Å². The van der Waals surface area contributed by atoms with E-state index in [0.717, 1.165) is 6.42 Å². The van der Waals surface area contributed by atoms with Gasteiger partial charge in [-0.3, -0.25) is 4.79 Å². The van der Waals surface area contributed by atoms with Gasteiger partial charge in [0.15, 0.2) is 0 Å². The number of carbonyl (C=O) groups is 1. The Hall–Kier alpha value is -0.830. The topological polar surface area (TPSA) is 29.1 Å². The lowest BCUT2D eigenvalue weighted by molar-refractivity contribution is -0.119. The lowest BCUT2D eigenvalue weighted by Gasteiger charge is -2.15. The van der Waals surface area contributed by atoms with E-state index in [1.54, 1.807) is 6.92 Å². The second-order valence-corrected chi connectivity index (χ2v) is 4.80. The van der Waals surface area contributed by atoms with Gasteiger partial charge in [-0.15, -0.1) is 11.3 Å². The van der Waals surface area contributed by atoms with Crippen LogP contribution in [0.15, 0.2) is 11.4 Å². The molecule has 76 valence electrons. The van der Waals surface area contributed by atoms with Crippen molar-refractivity contribution in [3.05, 3.63) is 21.9 Å². The van der Waals surface area contributed by atoms with Crippen LogP contribution in [-0.2, 0) is 11.2 Å². The highest BCUT2D eigenvalue weighted by molar-refractivity contribution is 7.10. The summed E-state index contributed by atoms with van der Waals surface area (Å²) in [6, 6.07) is 2.42. The average molecular weight is 209 g/mol. The van der Waals surface area contributed by atoms with E-state index in [1.807, 2.05) is 11.3 Å². The first-order valence-electron chi connectivity index (χ1n) is 5.11. The lowest BCUT2D eigenvalue weighted by Crippen LogP contribution is -2.25. The van der Waals surface area contributed by atoms with Crippen molar-refractivity contribution in [2.24, 2.45) is 0 Å². The predicted octanol–water partition coefficient (Wildman–Crippen LogP) is 2.65. The van der Waals surface area contributed by atoms with Crippen molar-refractivity contribution in [3.63, 3.8) is 0 Å². The van der Waals surface area contributed by atoms with Gasteiger partial charge in [-0.2, -0.15) is 0 Å². The molecular formula is C11H15NOS. The molecule has 0 saturated heterocycles. The van der Waals surface area contributed by atoms with Gasteiger partial charge in [-0.1, -0.05) is 6.42 Å². The van der Waals surface area contributed by atoms with Gasteiger partial charge in [0.1, 0.15) is 0 Å². The van der Waals surface area contributed by atoms with Gasteiger partial charge in [-0.25, -0.2) is 0 Å². The zero-order valence-corrected chi connectivity index (χ0v) is 9.19. The van der Waals surface area contributed by atoms with E-state index in [2.05, 4.69) is 16.8 Å². The smallest absolute Gasteiger partial charge is 0.217 e. The molecule has 3 heteroatoms. The normalized spacial score (nSPS) is 21.1. The summed E-state index contributed by atoms with van der Waals surface area (Å²) >= 11 is 1.82. The number of hydrogen-bond acceptors (Lipinski definition) is 2. The highest BCUT2D eigenvalue weighted by atomic mass is 32.1. The number of amides is 1. The largest absolute Gasteiger partial charge is 0.350 e. The van der Waals surface area contributed by atoms with Gasteiger partial charge in [0, 0.05) is 11.8 Å². The van der Waals surface area contributed by atoms with Gasteiger partial charge in [-0.05, 0) is 36.3 Å². The monoisotopic (exact) mass is 209 g/mol. The van der Waals surface area contributed by atoms with Crippen LogP contribution in [0.4, 0.5) is 0 Å². The standard InChI is InChI=1S/C11H15NOS/c1-8(13)12-10-4-2-3-5-11-9(10)6-7-14-11/h6-7,10H,2-5H2,1H3,(H,12,13)/t10-/m1/s1. The molecule has 2 rings (SSSR count). The summed E-state index contributed by atoms with van der Waals surface area (Å²) < 4.78 is 0. The van der Waals surface area contributed by atoms with E-state index >= 15 is 0 Å². The second-order valence-electron chi connectivity index (χ2n) is 3.80. The third kappa shape index (κ3) is 1.98. The highest BCUT2D eigenvalue weighted by Gasteiger charge is 2.19. The van der Waals surface area contributed by atoms with E-state index < -0.39 is 0 Å². The number of hydrogen-bond donors (Lipinski definition) is 1. The molecular weight excluding hydrogens is 194 g/mol. The summed E-state index contributed by atoms with van der Waals surface area (Å²) in [6.45, 7) is 1.59. The maximum absolute atomic E-state index is 11.0. The highest BCUT2D eigenvalue weighted by Crippen LogP contribution is 2.31. The molecule has 1 aromatic rings. The molecule has 0 aliphatic heterocycles. The minimum atomic E-state index is 0.0778. The molecule has 1 N–H and O–H groups in total. The Labute approximate surface area is 88.3 Å². The van der Waals surface area contributed by atoms with Gasteiger partial charge < -0.3 is 5.32 Å². The van der Waals surface area contributed by atoms with Gasteiger partial charge in [0.25, 0.3) is 0 Å². The van der Waals surface area contributed by atoms with Crippen molar-refractivity contribution in [2.75, 3.05) is 0 Å². The molecule has 0 bridgehead atoms. The molecule has 1 aliphatic carbocycles. The lowest BCUT2D eigenvalue weighted by atomic mass is 10.1. The second kappa shape index (κ2) is 4.13. The first kappa shape index (κ1) is 9.71. The van der Waals surface area contributed by atoms with Crippen LogP contribution in [0.25, 0.3) is 0 Å². The Kier molecular flexibility index (Phi) is 2.87. The molecule has 1 amide bonds. The maximum atomic E-state index is 11.0. The zero-order chi connectivity index (χ0) is 9.97. The first-order chi connectivity index (χ1) is 6.77. The number of nitrogens with one attached hydrogen (secondary N) is 1. The maximum Gasteiger partial charge on any atom is 0.217 e. The van der Waals surface area contributed by atoms with Crippen LogP contribution in [-0.4, -0.2) is 5.91 Å². The van der Waals surface area contributed by atoms with Crippen LogP contribution in [0, 0.1) is 0 Å². The van der Waals surface area contributed by atoms with E-state index in [0.29, 0.717) is 0 Å². The molecule has 2 nitrogen and oxygen atoms in total. The fourth-order valence-corrected chi connectivity index (χ4v) is 3.04. The van der Waals surface area contributed by atoms with Crippen molar-refractivity contribution in [2.45, 2.75) is 38.6 Å². The van der Waals surface area contributed by atoms with Crippen molar-refractivity contribution in [1.29, 1.82) is 0 Å². The minimum absolute atomic E-state index is 0.0778. The van der Waals surface area contributed by atoms with Gasteiger partial charge >= 0.3 is 0 Å². The number of thiophene rings is 1. The minimum Gasteiger partial charge on any atom is -0.350 e. The third-order valence-corrected chi connectivity index (χ3v) is 3.68. The third-order valence-electron chi connectivity index (χ3n) is 2.68. The Morgan fingerprint density at radius 1 is 1.57 bits per heavy atom. The van der Waals surface area contributed by atoms with Crippen LogP contribution in [0.5, 0.6) is 0 Å². The summed E-state index contributed by atoms with van der Waals surface area (Å²) in [4.78, 5) is 12.5. The summed E-state index contributed by atoms with van der Waals surface area (Å²) in [5.74, 6) is 0.0778. The van der Waals surface area contributed by atoms with Crippen LogP contribution >= 0.6 is 11.3 Å². The van der Waals surface area contributed by atoms with Crippen LogP contribution in [0.2, 0.25) is 0 Å². The average Bonchev–Trinajstić information content (AvgIpc) is 2.51. The van der Waals surface area contributed by atoms with Crippen molar-refractivity contribution >= 4 is 17.2 Å². The van der Waals surface area contributed by atoms with E-state index in [4.69, 9.17) is 0 Å². The molecule has 0 fully saturated rings. The predicted molar refractivity (Wildman–Crippen MR) is 58.4 cm³/mol. The summed E-state index contributed by atoms with van der Waals surface area (Å²) in [7, 11) is 0. The molecule has 1 atom stereocenters. The summed E-state index contributed by atoms with van der Waals surface area (Å²) in [6.07, 6.45) is 4.74. The Balaban J connectivity index is 2.21. The van der Waals surface area contributed by atoms with Crippen molar-refractivity contribution in [1.82, 2.24) is 5.32 Å². The molecule has 0 spiro atoms. The number of aryl methyl sites for hydroxylation is 1. The van der Waals surface area contributed by atoms with Crippen molar-refractivity contribution in [3.8, 4) is 0 Å². The number of rotatable bonds is 1. The molecule has 0 saturated carbocycles. The first-order valence-corrected chi connectivity index (χ1v) is 5.98. The van der Waals surface area contributed by atoms with E-state index in [-0.39, 0.29) is 11.9 Å². The fraction of sp³-hybridized carbons (Fsp3) is 0.545. The van der Waals surface area contributed by atoms with Gasteiger partial charge in [0.05, 0.1) is 6.04 Å². The Bertz CT molecular complexity index is 332. The molecule has 14 heavy (non-hydrogen) atoms. The molecule has 1 heterocycles. The van der Waals surface area contributed by atoms with E-state index in [9.17, 15) is 4.79 Å². The zero-order valence-electron chi connectivity index (χ0n) is 8.38. The Morgan fingerprint density at radius 2 is 2.43 bits per heavy atom. The number of carbonyl (C=O) groups excluding carboxylic acids is 1. The van der Waals surface area contributed by atoms with E-state index in [1.165, 1.54) is 29.7 Å².